The number of hydrogen-bond donors (Lipinski definition) is 0. The predicted molar refractivity (Wildman–Crippen MR) is 209 cm³/mol. The molecule has 8 nitrogen and oxygen atoms in total. The van der Waals surface area contributed by atoms with Crippen molar-refractivity contribution in [2.24, 2.45) is 0 Å². The summed E-state index contributed by atoms with van der Waals surface area (Å²) in [7, 11) is 0. The lowest BCUT2D eigenvalue weighted by atomic mass is 9.76. The molecule has 9 rings (SSSR count). The minimum Gasteiger partial charge on any atom is -0.319 e. The van der Waals surface area contributed by atoms with Crippen LogP contribution in [0.4, 0.5) is 0 Å². The third kappa shape index (κ3) is 5.12. The van der Waals surface area contributed by atoms with E-state index in [1.165, 1.54) is 6.33 Å². The molecule has 0 amide bonds. The summed E-state index contributed by atoms with van der Waals surface area (Å²) in [5, 5.41) is 0. The van der Waals surface area contributed by atoms with E-state index in [-0.39, 0.29) is 23.1 Å². The second-order valence-electron chi connectivity index (χ2n) is 13.8. The van der Waals surface area contributed by atoms with Crippen LogP contribution < -0.4 is 0 Å². The maximum absolute atomic E-state index is 13.8. The summed E-state index contributed by atoms with van der Waals surface area (Å²) in [5.41, 5.74) is 2.38. The second kappa shape index (κ2) is 13.9. The van der Waals surface area contributed by atoms with Gasteiger partial charge in [-0.25, -0.2) is 9.97 Å². The van der Waals surface area contributed by atoms with Crippen molar-refractivity contribution in [3.63, 3.8) is 0 Å². The van der Waals surface area contributed by atoms with Gasteiger partial charge in [0.1, 0.15) is 11.0 Å². The van der Waals surface area contributed by atoms with Gasteiger partial charge in [-0.15, -0.1) is 0 Å². The average molecular weight is 723 g/mol. The van der Waals surface area contributed by atoms with Crippen LogP contribution in [0.5, 0.6) is 0 Å². The molecule has 55 heavy (non-hydrogen) atoms. The Kier molecular flexibility index (Phi) is 8.89. The lowest BCUT2D eigenvalue weighted by Crippen LogP contribution is -2.43. The molecule has 2 aliphatic rings. The number of aromatic nitrogens is 4. The van der Waals surface area contributed by atoms with Crippen LogP contribution >= 0.6 is 0 Å². The first kappa shape index (κ1) is 35.2. The molecule has 0 saturated heterocycles. The van der Waals surface area contributed by atoms with Crippen LogP contribution in [-0.4, -0.2) is 42.2 Å². The van der Waals surface area contributed by atoms with Crippen LogP contribution in [0.2, 0.25) is 0 Å². The van der Waals surface area contributed by atoms with Gasteiger partial charge in [0.2, 0.25) is 0 Å². The van der Waals surface area contributed by atoms with E-state index in [2.05, 4.69) is 45.9 Å². The molecule has 0 bridgehead atoms. The van der Waals surface area contributed by atoms with Crippen molar-refractivity contribution in [3.05, 3.63) is 215 Å². The van der Waals surface area contributed by atoms with E-state index >= 15 is 0 Å². The van der Waals surface area contributed by atoms with E-state index in [9.17, 15) is 19.2 Å². The molecule has 5 aromatic carbocycles. The summed E-state index contributed by atoms with van der Waals surface area (Å²) >= 11 is 0. The summed E-state index contributed by atoms with van der Waals surface area (Å²) in [5.74, 6) is -0.622. The normalized spacial score (nSPS) is 15.3. The Morgan fingerprint density at radius 2 is 0.945 bits per heavy atom. The van der Waals surface area contributed by atoms with Crippen molar-refractivity contribution >= 4 is 23.1 Å². The van der Waals surface area contributed by atoms with Gasteiger partial charge < -0.3 is 9.13 Å². The Morgan fingerprint density at radius 3 is 1.33 bits per heavy atom. The molecule has 0 spiro atoms. The molecule has 2 aromatic heterocycles. The van der Waals surface area contributed by atoms with Crippen molar-refractivity contribution < 1.29 is 19.2 Å². The van der Waals surface area contributed by atoms with Crippen LogP contribution in [0, 0.1) is 0 Å². The predicted octanol–water partition coefficient (Wildman–Crippen LogP) is 8.52. The Balaban J connectivity index is 0.000000198. The van der Waals surface area contributed by atoms with E-state index in [1.807, 2.05) is 74.6 Å². The van der Waals surface area contributed by atoms with Crippen molar-refractivity contribution in [2.75, 3.05) is 0 Å². The van der Waals surface area contributed by atoms with Gasteiger partial charge in [0.15, 0.2) is 28.7 Å². The number of carbonyl (C=O) groups is 4. The zero-order valence-corrected chi connectivity index (χ0v) is 30.5. The van der Waals surface area contributed by atoms with Crippen molar-refractivity contribution in [3.8, 4) is 0 Å². The van der Waals surface area contributed by atoms with E-state index in [0.717, 1.165) is 16.7 Å². The Bertz CT molecular complexity index is 2370. The molecule has 2 heterocycles. The van der Waals surface area contributed by atoms with E-state index in [1.54, 1.807) is 71.8 Å². The molecule has 8 heteroatoms. The fraction of sp³-hybridized carbons (Fsp3) is 0.149. The maximum atomic E-state index is 13.8. The van der Waals surface area contributed by atoms with Gasteiger partial charge in [-0.2, -0.15) is 0 Å². The van der Waals surface area contributed by atoms with Gasteiger partial charge >= 0.3 is 0 Å². The molecular weight excluding hydrogens is 685 g/mol. The van der Waals surface area contributed by atoms with Gasteiger partial charge in [0, 0.05) is 40.8 Å². The van der Waals surface area contributed by atoms with Crippen LogP contribution in [0.3, 0.4) is 0 Å². The quantitative estimate of drug-likeness (QED) is 0.115. The van der Waals surface area contributed by atoms with Crippen LogP contribution in [-0.2, 0) is 16.5 Å². The summed E-state index contributed by atoms with van der Waals surface area (Å²) < 4.78 is 3.68. The smallest absolute Gasteiger partial charge is 0.197 e. The largest absolute Gasteiger partial charge is 0.319 e. The molecule has 0 saturated carbocycles. The number of fused-ring (bicyclic) bond motifs is 2. The fourth-order valence-corrected chi connectivity index (χ4v) is 8.54. The van der Waals surface area contributed by atoms with Gasteiger partial charge in [0.05, 0.1) is 18.3 Å². The minimum absolute atomic E-state index is 0.136. The minimum atomic E-state index is -1.33. The molecule has 0 fully saturated rings. The monoisotopic (exact) mass is 722 g/mol. The lowest BCUT2D eigenvalue weighted by molar-refractivity contribution is 0.0701. The van der Waals surface area contributed by atoms with Crippen molar-refractivity contribution in [2.45, 2.75) is 43.2 Å². The number of nitrogens with zero attached hydrogens (tertiary/aromatic N) is 4. The highest BCUT2D eigenvalue weighted by Gasteiger charge is 2.55. The Labute approximate surface area is 319 Å². The number of hydrogen-bond acceptors (Lipinski definition) is 6. The molecular formula is C47H38N4O4. The number of rotatable bonds is 8. The Morgan fingerprint density at radius 1 is 0.527 bits per heavy atom. The van der Waals surface area contributed by atoms with Crippen molar-refractivity contribution in [1.82, 2.24) is 19.1 Å². The number of ketones is 4. The zero-order valence-electron chi connectivity index (χ0n) is 30.5. The highest BCUT2D eigenvalue weighted by Crippen LogP contribution is 2.45. The SMILES string of the molecule is CCC1(c2cn(C(c3ccccc3)(c3ccccc3)c3ccccc3)cn2)C(=O)c2ccccc2C1=O.CCC1(n2ccnc2)C(=O)c2ccccc2C1=O. The number of imidazole rings is 2. The first-order chi connectivity index (χ1) is 26.8. The number of Topliss-reactive ketones (excluding diaryl/α,β-unsaturated/α-hetero) is 4. The van der Waals surface area contributed by atoms with Gasteiger partial charge in [-0.1, -0.05) is 153 Å². The molecule has 7 aromatic rings. The molecule has 0 N–H and O–H groups in total. The summed E-state index contributed by atoms with van der Waals surface area (Å²) in [6.07, 6.45) is 9.22. The molecule has 0 aliphatic heterocycles. The summed E-state index contributed by atoms with van der Waals surface area (Å²) in [4.78, 5) is 61.4. The molecule has 0 unspecified atom stereocenters. The van der Waals surface area contributed by atoms with E-state index < -0.39 is 16.5 Å². The standard InChI is InChI=1S/C33H26N2O2.C14H12N2O2/c1-2-32(30(36)27-20-12-13-21-28(27)31(32)37)29-22-35(23-34-29)33(24-14-6-3-7-15-24,25-16-8-4-9-17-25)26-18-10-5-11-19-26;1-2-14(16-8-7-15-9-16)12(17)10-5-3-4-6-11(10)13(14)18/h3-23H,2H2,1H3;3-9H,2H2,1H3. The summed E-state index contributed by atoms with van der Waals surface area (Å²) in [6, 6.07) is 44.9. The fourth-order valence-electron chi connectivity index (χ4n) is 8.54. The third-order valence-electron chi connectivity index (χ3n) is 11.3. The van der Waals surface area contributed by atoms with Gasteiger partial charge in [0.25, 0.3) is 0 Å². The van der Waals surface area contributed by atoms with E-state index in [4.69, 9.17) is 4.98 Å². The van der Waals surface area contributed by atoms with Gasteiger partial charge in [-0.3, -0.25) is 19.2 Å². The maximum Gasteiger partial charge on any atom is 0.197 e. The van der Waals surface area contributed by atoms with Crippen LogP contribution in [0.15, 0.2) is 171 Å². The first-order valence-corrected chi connectivity index (χ1v) is 18.4. The Hall–Kier alpha value is -6.80. The molecule has 0 radical (unpaired) electrons. The third-order valence-corrected chi connectivity index (χ3v) is 11.3. The second-order valence-corrected chi connectivity index (χ2v) is 13.8. The molecule has 270 valence electrons. The van der Waals surface area contributed by atoms with Gasteiger partial charge in [-0.05, 0) is 29.5 Å². The number of benzene rings is 5. The molecule has 2 aliphatic carbocycles. The van der Waals surface area contributed by atoms with Crippen LogP contribution in [0.1, 0.15) is 90.5 Å². The lowest BCUT2D eigenvalue weighted by Gasteiger charge is -2.37. The first-order valence-electron chi connectivity index (χ1n) is 18.4. The number of carbonyl (C=O) groups excluding carboxylic acids is 4. The summed E-state index contributed by atoms with van der Waals surface area (Å²) in [6.45, 7) is 3.74. The highest BCUT2D eigenvalue weighted by molar-refractivity contribution is 6.33. The zero-order chi connectivity index (χ0) is 38.2. The topological polar surface area (TPSA) is 104 Å². The molecule has 0 atom stereocenters. The average Bonchev–Trinajstić information content (AvgIpc) is 4.05. The van der Waals surface area contributed by atoms with E-state index in [0.29, 0.717) is 40.8 Å². The highest BCUT2D eigenvalue weighted by atomic mass is 16.2. The van der Waals surface area contributed by atoms with Crippen molar-refractivity contribution in [1.29, 1.82) is 0 Å². The van der Waals surface area contributed by atoms with Crippen LogP contribution in [0.25, 0.3) is 0 Å².